The number of nitrogens with one attached hydrogen (secondary N) is 2. The van der Waals surface area contributed by atoms with E-state index in [2.05, 4.69) is 56.7 Å². The van der Waals surface area contributed by atoms with Crippen LogP contribution in [0, 0.1) is 6.92 Å². The summed E-state index contributed by atoms with van der Waals surface area (Å²) < 4.78 is 5.24. The summed E-state index contributed by atoms with van der Waals surface area (Å²) in [6.07, 6.45) is 3.21. The monoisotopic (exact) mass is 409 g/mol. The molecule has 0 spiro atoms. The number of methoxy groups -OCH3 is 1. The van der Waals surface area contributed by atoms with Crippen LogP contribution in [-0.4, -0.2) is 50.8 Å². The molecule has 2 N–H and O–H groups in total. The van der Waals surface area contributed by atoms with Crippen molar-refractivity contribution in [1.82, 2.24) is 15.6 Å². The fraction of sp³-hybridized carbons (Fsp3) is 0.500. The number of aryl methyl sites for hydroxylation is 1. The fourth-order valence-electron chi connectivity index (χ4n) is 3.85. The van der Waals surface area contributed by atoms with Crippen molar-refractivity contribution in [3.05, 3.63) is 53.7 Å². The highest BCUT2D eigenvalue weighted by atomic mass is 16.5. The number of piperidine rings is 1. The second kappa shape index (κ2) is 10.9. The average Bonchev–Trinajstić information content (AvgIpc) is 2.78. The van der Waals surface area contributed by atoms with Crippen molar-refractivity contribution in [1.29, 1.82) is 0 Å². The maximum Gasteiger partial charge on any atom is 0.191 e. The summed E-state index contributed by atoms with van der Waals surface area (Å²) in [7, 11) is 3.54. The Balaban J connectivity index is 1.40. The summed E-state index contributed by atoms with van der Waals surface area (Å²) in [5.41, 5.74) is 2.40. The molecule has 162 valence electrons. The van der Waals surface area contributed by atoms with Crippen molar-refractivity contribution in [3.63, 3.8) is 0 Å². The zero-order valence-corrected chi connectivity index (χ0v) is 18.7. The Morgan fingerprint density at radius 2 is 1.93 bits per heavy atom. The topological polar surface area (TPSA) is 61.8 Å². The predicted molar refractivity (Wildman–Crippen MR) is 125 cm³/mol. The van der Waals surface area contributed by atoms with Gasteiger partial charge in [0.25, 0.3) is 0 Å². The summed E-state index contributed by atoms with van der Waals surface area (Å²) in [6, 6.07) is 15.0. The molecule has 0 bridgehead atoms. The first-order valence-electron chi connectivity index (χ1n) is 10.9. The minimum absolute atomic E-state index is 0.441. The van der Waals surface area contributed by atoms with Crippen molar-refractivity contribution < 1.29 is 4.74 Å². The van der Waals surface area contributed by atoms with E-state index in [0.29, 0.717) is 12.0 Å². The number of aliphatic imine (C=N–C) groups is 1. The first kappa shape index (κ1) is 21.9. The molecule has 1 fully saturated rings. The standard InChI is InChI=1S/C24H35N5O/c1-18(20-8-10-22(30-4)11-9-20)12-15-26-24(25-3)28-21-13-16-29(17-14-21)23-7-5-6-19(2)27-23/h5-11,18,21H,12-17H2,1-4H3,(H2,25,26,28). The zero-order valence-electron chi connectivity index (χ0n) is 18.7. The van der Waals surface area contributed by atoms with E-state index in [1.807, 2.05) is 32.2 Å². The molecule has 3 rings (SSSR count). The molecular formula is C24H35N5O. The Morgan fingerprint density at radius 1 is 1.20 bits per heavy atom. The van der Waals surface area contributed by atoms with Crippen LogP contribution in [0.4, 0.5) is 5.82 Å². The number of nitrogens with zero attached hydrogens (tertiary/aromatic N) is 3. The van der Waals surface area contributed by atoms with E-state index in [4.69, 9.17) is 4.74 Å². The van der Waals surface area contributed by atoms with Gasteiger partial charge in [-0.05, 0) is 61.9 Å². The van der Waals surface area contributed by atoms with Gasteiger partial charge < -0.3 is 20.3 Å². The van der Waals surface area contributed by atoms with Crippen molar-refractivity contribution >= 4 is 11.8 Å². The fourth-order valence-corrected chi connectivity index (χ4v) is 3.85. The van der Waals surface area contributed by atoms with Gasteiger partial charge in [0.1, 0.15) is 11.6 Å². The lowest BCUT2D eigenvalue weighted by Gasteiger charge is -2.34. The molecule has 1 atom stereocenters. The van der Waals surface area contributed by atoms with E-state index >= 15 is 0 Å². The zero-order chi connectivity index (χ0) is 21.3. The van der Waals surface area contributed by atoms with Gasteiger partial charge in [0.2, 0.25) is 0 Å². The number of benzene rings is 1. The molecule has 1 aliphatic heterocycles. The maximum atomic E-state index is 5.24. The summed E-state index contributed by atoms with van der Waals surface area (Å²) in [6.45, 7) is 7.22. The number of guanidine groups is 1. The third-order valence-corrected chi connectivity index (χ3v) is 5.81. The van der Waals surface area contributed by atoms with E-state index < -0.39 is 0 Å². The smallest absolute Gasteiger partial charge is 0.191 e. The number of pyridine rings is 1. The number of hydrogen-bond acceptors (Lipinski definition) is 4. The van der Waals surface area contributed by atoms with Gasteiger partial charge >= 0.3 is 0 Å². The molecule has 0 amide bonds. The van der Waals surface area contributed by atoms with Gasteiger partial charge in [-0.3, -0.25) is 4.99 Å². The summed E-state index contributed by atoms with van der Waals surface area (Å²) in [5, 5.41) is 7.07. The Bertz CT molecular complexity index is 813. The number of aromatic nitrogens is 1. The van der Waals surface area contributed by atoms with E-state index in [-0.39, 0.29) is 0 Å². The highest BCUT2D eigenvalue weighted by molar-refractivity contribution is 5.80. The average molecular weight is 410 g/mol. The lowest BCUT2D eigenvalue weighted by Crippen LogP contribution is -2.49. The van der Waals surface area contributed by atoms with Crippen LogP contribution in [0.25, 0.3) is 0 Å². The molecule has 1 unspecified atom stereocenters. The minimum atomic E-state index is 0.441. The lowest BCUT2D eigenvalue weighted by molar-refractivity contribution is 0.414. The van der Waals surface area contributed by atoms with Gasteiger partial charge in [-0.2, -0.15) is 0 Å². The molecule has 1 aromatic carbocycles. The molecule has 2 aromatic rings. The number of anilines is 1. The van der Waals surface area contributed by atoms with Crippen molar-refractivity contribution in [2.24, 2.45) is 4.99 Å². The van der Waals surface area contributed by atoms with E-state index in [9.17, 15) is 0 Å². The number of ether oxygens (including phenoxy) is 1. The van der Waals surface area contributed by atoms with Gasteiger partial charge in [0.15, 0.2) is 5.96 Å². The van der Waals surface area contributed by atoms with Gasteiger partial charge in [-0.25, -0.2) is 4.98 Å². The normalized spacial score (nSPS) is 16.3. The van der Waals surface area contributed by atoms with Crippen LogP contribution in [0.15, 0.2) is 47.5 Å². The molecule has 6 nitrogen and oxygen atoms in total. The molecule has 1 saturated heterocycles. The second-order valence-electron chi connectivity index (χ2n) is 8.00. The quantitative estimate of drug-likeness (QED) is 0.539. The summed E-state index contributed by atoms with van der Waals surface area (Å²) in [4.78, 5) is 11.4. The van der Waals surface area contributed by atoms with E-state index in [1.54, 1.807) is 7.11 Å². The molecule has 6 heteroatoms. The first-order chi connectivity index (χ1) is 14.6. The van der Waals surface area contributed by atoms with Gasteiger partial charge in [-0.1, -0.05) is 25.1 Å². The SMILES string of the molecule is CN=C(NCCC(C)c1ccc(OC)cc1)NC1CCN(c2cccc(C)n2)CC1. The van der Waals surface area contributed by atoms with Crippen LogP contribution in [0.5, 0.6) is 5.75 Å². The molecule has 2 heterocycles. The highest BCUT2D eigenvalue weighted by Gasteiger charge is 2.21. The first-order valence-corrected chi connectivity index (χ1v) is 10.9. The Hall–Kier alpha value is -2.76. The molecule has 1 aromatic heterocycles. The molecule has 0 radical (unpaired) electrons. The Morgan fingerprint density at radius 3 is 2.57 bits per heavy atom. The van der Waals surface area contributed by atoms with Crippen molar-refractivity contribution in [2.45, 2.75) is 45.1 Å². The Kier molecular flexibility index (Phi) is 7.94. The van der Waals surface area contributed by atoms with Gasteiger partial charge in [-0.15, -0.1) is 0 Å². The molecular weight excluding hydrogens is 374 g/mol. The minimum Gasteiger partial charge on any atom is -0.497 e. The molecule has 0 aliphatic carbocycles. The lowest BCUT2D eigenvalue weighted by atomic mass is 9.98. The van der Waals surface area contributed by atoms with Gasteiger partial charge in [0, 0.05) is 38.4 Å². The van der Waals surface area contributed by atoms with Crippen LogP contribution >= 0.6 is 0 Å². The van der Waals surface area contributed by atoms with Crippen molar-refractivity contribution in [3.8, 4) is 5.75 Å². The largest absolute Gasteiger partial charge is 0.497 e. The van der Waals surface area contributed by atoms with E-state index in [1.165, 1.54) is 5.56 Å². The molecule has 1 aliphatic rings. The van der Waals surface area contributed by atoms with Crippen LogP contribution in [0.1, 0.15) is 43.4 Å². The predicted octanol–water partition coefficient (Wildman–Crippen LogP) is 3.73. The second-order valence-corrected chi connectivity index (χ2v) is 8.00. The van der Waals surface area contributed by atoms with Gasteiger partial charge in [0.05, 0.1) is 7.11 Å². The third-order valence-electron chi connectivity index (χ3n) is 5.81. The third kappa shape index (κ3) is 6.12. The number of rotatable bonds is 7. The van der Waals surface area contributed by atoms with Crippen LogP contribution in [-0.2, 0) is 0 Å². The Labute approximate surface area is 180 Å². The summed E-state index contributed by atoms with van der Waals surface area (Å²) >= 11 is 0. The highest BCUT2D eigenvalue weighted by Crippen LogP contribution is 2.21. The summed E-state index contributed by atoms with van der Waals surface area (Å²) in [5.74, 6) is 3.36. The van der Waals surface area contributed by atoms with E-state index in [0.717, 1.165) is 62.1 Å². The molecule has 30 heavy (non-hydrogen) atoms. The maximum absolute atomic E-state index is 5.24. The number of hydrogen-bond donors (Lipinski definition) is 2. The molecule has 0 saturated carbocycles. The van der Waals surface area contributed by atoms with Crippen molar-refractivity contribution in [2.75, 3.05) is 38.7 Å². The van der Waals surface area contributed by atoms with Crippen LogP contribution in [0.3, 0.4) is 0 Å². The van der Waals surface area contributed by atoms with Crippen LogP contribution in [0.2, 0.25) is 0 Å². The van der Waals surface area contributed by atoms with Crippen LogP contribution < -0.4 is 20.3 Å².